The van der Waals surface area contributed by atoms with Gasteiger partial charge in [-0.15, -0.1) is 0 Å². The molecular weight excluding hydrogens is 680 g/mol. The van der Waals surface area contributed by atoms with E-state index in [-0.39, 0.29) is 18.3 Å². The summed E-state index contributed by atoms with van der Waals surface area (Å²) >= 11 is 0. The van der Waals surface area contributed by atoms with Crippen molar-refractivity contribution in [3.8, 4) is 0 Å². The van der Waals surface area contributed by atoms with E-state index in [0.717, 1.165) is 0 Å². The Kier molecular flexibility index (Phi) is 21.3. The third-order valence-corrected chi connectivity index (χ3v) is 8.52. The van der Waals surface area contributed by atoms with Crippen molar-refractivity contribution in [2.45, 2.75) is 131 Å². The van der Waals surface area contributed by atoms with Crippen LogP contribution in [0.5, 0.6) is 0 Å². The average Bonchev–Trinajstić information content (AvgIpc) is 3.06. The lowest BCUT2D eigenvalue weighted by Crippen LogP contribution is -2.61. The highest BCUT2D eigenvalue weighted by molar-refractivity contribution is 5.96. The van der Waals surface area contributed by atoms with Crippen LogP contribution in [0, 0.1) is 23.7 Å². The molecule has 0 saturated heterocycles. The molecule has 0 aromatic heterocycles. The van der Waals surface area contributed by atoms with E-state index in [4.69, 9.17) is 5.73 Å². The summed E-state index contributed by atoms with van der Waals surface area (Å²) in [6.07, 6.45) is -0.359. The Balaban J connectivity index is 5.81. The van der Waals surface area contributed by atoms with Gasteiger partial charge in [0.1, 0.15) is 30.2 Å². The van der Waals surface area contributed by atoms with Crippen LogP contribution in [0.3, 0.4) is 0 Å². The molecule has 0 saturated carbocycles. The number of carbonyl (C=O) groups is 8. The lowest BCUT2D eigenvalue weighted by atomic mass is 9.96. The second kappa shape index (κ2) is 23.3. The van der Waals surface area contributed by atoms with E-state index in [1.54, 1.807) is 48.5 Å². The molecule has 9 atom stereocenters. The van der Waals surface area contributed by atoms with Gasteiger partial charge in [0.05, 0.1) is 25.2 Å². The fraction of sp³-hybridized carbons (Fsp3) is 0.765. The van der Waals surface area contributed by atoms with Crippen LogP contribution in [-0.4, -0.2) is 113 Å². The molecule has 0 aromatic rings. The van der Waals surface area contributed by atoms with Crippen molar-refractivity contribution >= 4 is 47.3 Å². The lowest BCUT2D eigenvalue weighted by Gasteiger charge is -2.29. The highest BCUT2D eigenvalue weighted by Crippen LogP contribution is 2.12. The summed E-state index contributed by atoms with van der Waals surface area (Å²) < 4.78 is 0. The molecule has 11 N–H and O–H groups in total. The van der Waals surface area contributed by atoms with E-state index in [0.29, 0.717) is 12.8 Å². The summed E-state index contributed by atoms with van der Waals surface area (Å²) in [4.78, 5) is 102. The number of amides is 7. The fourth-order valence-corrected chi connectivity index (χ4v) is 4.84. The summed E-state index contributed by atoms with van der Waals surface area (Å²) in [5, 5.41) is 37.2. The number of aliphatic hydroxyl groups excluding tert-OH is 1. The maximum absolute atomic E-state index is 13.6. The summed E-state index contributed by atoms with van der Waals surface area (Å²) in [5.74, 6) is -7.67. The van der Waals surface area contributed by atoms with Gasteiger partial charge in [-0.2, -0.15) is 0 Å². The van der Waals surface area contributed by atoms with Crippen LogP contribution in [0.1, 0.15) is 88.5 Å². The molecule has 7 amide bonds. The predicted octanol–water partition coefficient (Wildman–Crippen LogP) is -1.75. The number of aliphatic carboxylic acids is 1. The minimum Gasteiger partial charge on any atom is -0.480 e. The van der Waals surface area contributed by atoms with Gasteiger partial charge in [0.2, 0.25) is 41.4 Å². The van der Waals surface area contributed by atoms with Gasteiger partial charge in [-0.05, 0) is 43.9 Å². The first kappa shape index (κ1) is 47.7. The maximum Gasteiger partial charge on any atom is 0.326 e. The minimum absolute atomic E-state index is 0.115. The zero-order chi connectivity index (χ0) is 40.5. The smallest absolute Gasteiger partial charge is 0.326 e. The highest BCUT2D eigenvalue weighted by atomic mass is 16.4. The summed E-state index contributed by atoms with van der Waals surface area (Å²) in [6, 6.07) is -7.03. The molecule has 0 spiro atoms. The van der Waals surface area contributed by atoms with Gasteiger partial charge in [-0.1, -0.05) is 68.2 Å². The number of carboxylic acid groups (broad SMARTS) is 1. The Hall–Kier alpha value is -4.32. The fourth-order valence-electron chi connectivity index (χ4n) is 4.84. The van der Waals surface area contributed by atoms with Crippen molar-refractivity contribution in [2.75, 3.05) is 13.1 Å². The van der Waals surface area contributed by atoms with E-state index in [9.17, 15) is 48.6 Å². The average molecular weight is 743 g/mol. The second-order valence-corrected chi connectivity index (χ2v) is 14.1. The van der Waals surface area contributed by atoms with Gasteiger partial charge in [-0.25, -0.2) is 4.79 Å². The maximum atomic E-state index is 13.6. The molecule has 18 heteroatoms. The minimum atomic E-state index is -1.54. The molecule has 0 rings (SSSR count). The Morgan fingerprint density at radius 2 is 0.981 bits per heavy atom. The van der Waals surface area contributed by atoms with Crippen molar-refractivity contribution in [2.24, 2.45) is 29.4 Å². The van der Waals surface area contributed by atoms with Crippen LogP contribution in [0.2, 0.25) is 0 Å². The van der Waals surface area contributed by atoms with E-state index >= 15 is 0 Å². The van der Waals surface area contributed by atoms with Crippen LogP contribution >= 0.6 is 0 Å². The molecule has 18 nitrogen and oxygen atoms in total. The molecule has 298 valence electrons. The topological polar surface area (TPSA) is 287 Å². The van der Waals surface area contributed by atoms with Crippen LogP contribution in [0.4, 0.5) is 0 Å². The molecule has 0 aliphatic heterocycles. The molecule has 0 unspecified atom stereocenters. The van der Waals surface area contributed by atoms with E-state index < -0.39 is 115 Å². The SMILES string of the molecule is CC[C@H](C)[C@H](NC(=O)CNC(=O)[C@H](C)N)C(=O)NCC(=O)N[C@H](C(=O)N[C@@H](CC(C)C)C(=O)N[C@H](C(=O)N[C@H](C(=O)O)C(C)C)[C@@H](C)O)[C@@H](C)CC. The van der Waals surface area contributed by atoms with Crippen molar-refractivity contribution in [1.29, 1.82) is 0 Å². The van der Waals surface area contributed by atoms with E-state index in [1.807, 2.05) is 6.92 Å². The Bertz CT molecular complexity index is 1240. The quantitative estimate of drug-likeness (QED) is 0.0560. The largest absolute Gasteiger partial charge is 0.480 e. The van der Waals surface area contributed by atoms with Crippen molar-refractivity contribution in [3.63, 3.8) is 0 Å². The van der Waals surface area contributed by atoms with Gasteiger partial charge < -0.3 is 53.2 Å². The summed E-state index contributed by atoms with van der Waals surface area (Å²) in [6.45, 7) is 15.6. The number of carboxylic acids is 1. The number of hydrogen-bond donors (Lipinski definition) is 10. The Labute approximate surface area is 306 Å². The van der Waals surface area contributed by atoms with Crippen LogP contribution in [0.15, 0.2) is 0 Å². The van der Waals surface area contributed by atoms with E-state index in [2.05, 4.69) is 37.2 Å². The predicted molar refractivity (Wildman–Crippen MR) is 192 cm³/mol. The van der Waals surface area contributed by atoms with Gasteiger partial charge >= 0.3 is 5.97 Å². The third-order valence-electron chi connectivity index (χ3n) is 8.52. The van der Waals surface area contributed by atoms with Crippen LogP contribution < -0.4 is 43.0 Å². The van der Waals surface area contributed by atoms with Crippen molar-refractivity contribution < 1.29 is 48.6 Å². The molecule has 0 aliphatic rings. The molecule has 0 heterocycles. The number of carbonyl (C=O) groups excluding carboxylic acids is 7. The first-order valence-corrected chi connectivity index (χ1v) is 17.8. The molecule has 0 bridgehead atoms. The van der Waals surface area contributed by atoms with Gasteiger partial charge in [0.15, 0.2) is 0 Å². The zero-order valence-electron chi connectivity index (χ0n) is 32.1. The lowest BCUT2D eigenvalue weighted by molar-refractivity contribution is -0.144. The zero-order valence-corrected chi connectivity index (χ0v) is 32.1. The Morgan fingerprint density at radius 3 is 1.37 bits per heavy atom. The van der Waals surface area contributed by atoms with Crippen molar-refractivity contribution in [3.05, 3.63) is 0 Å². The molecule has 0 fully saturated rings. The van der Waals surface area contributed by atoms with Crippen molar-refractivity contribution in [1.82, 2.24) is 37.2 Å². The summed E-state index contributed by atoms with van der Waals surface area (Å²) in [5.41, 5.74) is 5.49. The van der Waals surface area contributed by atoms with Crippen LogP contribution in [0.25, 0.3) is 0 Å². The third kappa shape index (κ3) is 16.8. The molecule has 0 radical (unpaired) electrons. The van der Waals surface area contributed by atoms with Gasteiger partial charge in [0, 0.05) is 0 Å². The number of hydrogen-bond acceptors (Lipinski definition) is 10. The number of aliphatic hydroxyl groups is 1. The standard InChI is InChI=1S/C34H62N8O10/c1-11-18(7)26(39-23(44)14-36-29(46)20(9)35)31(48)37-15-24(45)40-27(19(8)12-2)32(49)38-22(13-16(3)4)30(47)42-28(21(10)43)33(50)41-25(17(5)6)34(51)52/h16-22,25-28,43H,11-15,35H2,1-10H3,(H,36,46)(H,37,48)(H,38,49)(H,39,44)(H,40,45)(H,41,50)(H,42,47)(H,51,52)/t18-,19-,20-,21+,22-,25-,26-,27-,28-/m0/s1. The highest BCUT2D eigenvalue weighted by Gasteiger charge is 2.35. The number of nitrogens with one attached hydrogen (secondary N) is 7. The monoisotopic (exact) mass is 742 g/mol. The van der Waals surface area contributed by atoms with Gasteiger partial charge in [0.25, 0.3) is 0 Å². The van der Waals surface area contributed by atoms with E-state index in [1.165, 1.54) is 13.8 Å². The van der Waals surface area contributed by atoms with Gasteiger partial charge in [-0.3, -0.25) is 33.6 Å². The summed E-state index contributed by atoms with van der Waals surface area (Å²) in [7, 11) is 0. The normalized spacial score (nSPS) is 16.4. The number of nitrogens with two attached hydrogens (primary N) is 1. The first-order valence-electron chi connectivity index (χ1n) is 17.8. The second-order valence-electron chi connectivity index (χ2n) is 14.1. The molecule has 0 aliphatic carbocycles. The molecule has 0 aromatic carbocycles. The molecular formula is C34H62N8O10. The molecule has 52 heavy (non-hydrogen) atoms. The first-order chi connectivity index (χ1) is 24.1. The van der Waals surface area contributed by atoms with Crippen LogP contribution in [-0.2, 0) is 38.4 Å². The Morgan fingerprint density at radius 1 is 0.558 bits per heavy atom. The number of rotatable bonds is 23.